The van der Waals surface area contributed by atoms with Crippen LogP contribution in [0.4, 0.5) is 0 Å². The predicted molar refractivity (Wildman–Crippen MR) is 122 cm³/mol. The number of amides is 1. The summed E-state index contributed by atoms with van der Waals surface area (Å²) in [6, 6.07) is 12.9. The first kappa shape index (κ1) is 20.7. The van der Waals surface area contributed by atoms with Gasteiger partial charge in [-0.15, -0.1) is 0 Å². The Morgan fingerprint density at radius 3 is 2.58 bits per heavy atom. The number of aromatic nitrogens is 1. The number of nitrogens with zero attached hydrogens (tertiary/aromatic N) is 2. The summed E-state index contributed by atoms with van der Waals surface area (Å²) >= 11 is 0. The van der Waals surface area contributed by atoms with E-state index in [1.165, 1.54) is 35.2 Å². The van der Waals surface area contributed by atoms with Crippen LogP contribution >= 0.6 is 0 Å². The number of carbonyl (C=O) groups excluding carboxylic acids is 1. The third-order valence-electron chi connectivity index (χ3n) is 8.02. The molecule has 1 amide bonds. The van der Waals surface area contributed by atoms with Gasteiger partial charge in [-0.1, -0.05) is 35.4 Å². The van der Waals surface area contributed by atoms with Crippen molar-refractivity contribution in [2.24, 2.45) is 17.8 Å². The van der Waals surface area contributed by atoms with Crippen LogP contribution in [0.2, 0.25) is 0 Å². The molecular weight excluding hydrogens is 384 g/mol. The Balaban J connectivity index is 1.37. The molecule has 3 heterocycles. The maximum atomic E-state index is 14.1. The second-order valence-corrected chi connectivity index (χ2v) is 10.1. The van der Waals surface area contributed by atoms with Crippen molar-refractivity contribution in [2.45, 2.75) is 51.4 Å². The molecule has 164 valence electrons. The van der Waals surface area contributed by atoms with Crippen molar-refractivity contribution >= 4 is 5.91 Å². The second-order valence-electron chi connectivity index (χ2n) is 10.1. The molecule has 0 unspecified atom stereocenters. The monoisotopic (exact) mass is 418 g/mol. The van der Waals surface area contributed by atoms with E-state index in [2.05, 4.69) is 54.1 Å². The van der Waals surface area contributed by atoms with Gasteiger partial charge in [-0.2, -0.15) is 0 Å². The molecule has 1 aromatic heterocycles. The molecule has 0 N–H and O–H groups in total. The molecule has 2 aliphatic heterocycles. The fourth-order valence-corrected chi connectivity index (χ4v) is 6.48. The summed E-state index contributed by atoms with van der Waals surface area (Å²) in [5, 5.41) is 0. The highest BCUT2D eigenvalue weighted by molar-refractivity contribution is 5.89. The van der Waals surface area contributed by atoms with E-state index < -0.39 is 5.41 Å². The molecule has 0 radical (unpaired) electrons. The van der Waals surface area contributed by atoms with Crippen molar-refractivity contribution < 1.29 is 9.53 Å². The van der Waals surface area contributed by atoms with Crippen molar-refractivity contribution in [3.63, 3.8) is 0 Å². The lowest BCUT2D eigenvalue weighted by molar-refractivity contribution is -0.140. The summed E-state index contributed by atoms with van der Waals surface area (Å²) in [6.07, 6.45) is 7.02. The summed E-state index contributed by atoms with van der Waals surface area (Å²) in [5.41, 5.74) is 4.43. The molecule has 31 heavy (non-hydrogen) atoms. The lowest BCUT2D eigenvalue weighted by Crippen LogP contribution is -2.49. The molecule has 4 heteroatoms. The van der Waals surface area contributed by atoms with E-state index in [0.29, 0.717) is 36.9 Å². The minimum atomic E-state index is -0.426. The lowest BCUT2D eigenvalue weighted by Gasteiger charge is -2.39. The zero-order chi connectivity index (χ0) is 21.4. The summed E-state index contributed by atoms with van der Waals surface area (Å²) < 4.78 is 5.70. The largest absolute Gasteiger partial charge is 0.381 e. The average Bonchev–Trinajstić information content (AvgIpc) is 3.36. The number of ether oxygens (including phenoxy) is 1. The molecule has 3 atom stereocenters. The van der Waals surface area contributed by atoms with Gasteiger partial charge in [0.05, 0.1) is 5.41 Å². The highest BCUT2D eigenvalue weighted by atomic mass is 16.5. The van der Waals surface area contributed by atoms with Gasteiger partial charge in [-0.05, 0) is 81.4 Å². The number of benzene rings is 1. The first-order chi connectivity index (χ1) is 15.0. The van der Waals surface area contributed by atoms with Gasteiger partial charge in [0.15, 0.2) is 0 Å². The van der Waals surface area contributed by atoms with E-state index in [-0.39, 0.29) is 0 Å². The van der Waals surface area contributed by atoms with E-state index >= 15 is 0 Å². The van der Waals surface area contributed by atoms with E-state index in [1.807, 2.05) is 12.3 Å². The molecule has 3 fully saturated rings. The van der Waals surface area contributed by atoms with Crippen LogP contribution in [0.25, 0.3) is 0 Å². The Morgan fingerprint density at radius 2 is 1.87 bits per heavy atom. The van der Waals surface area contributed by atoms with Crippen molar-refractivity contribution in [1.82, 2.24) is 9.88 Å². The van der Waals surface area contributed by atoms with Gasteiger partial charge in [0.2, 0.25) is 5.91 Å². The van der Waals surface area contributed by atoms with Crippen molar-refractivity contribution in [3.8, 4) is 0 Å². The maximum Gasteiger partial charge on any atom is 0.233 e. The van der Waals surface area contributed by atoms with Crippen molar-refractivity contribution in [2.75, 3.05) is 26.3 Å². The quantitative estimate of drug-likeness (QED) is 0.736. The molecule has 0 spiro atoms. The molecule has 1 saturated carbocycles. The number of rotatable bonds is 4. The Morgan fingerprint density at radius 1 is 1.10 bits per heavy atom. The van der Waals surface area contributed by atoms with Crippen LogP contribution in [0.1, 0.15) is 48.1 Å². The molecule has 3 aliphatic rings. The normalized spacial score (nSPS) is 27.3. The van der Waals surface area contributed by atoms with Gasteiger partial charge in [0.25, 0.3) is 0 Å². The van der Waals surface area contributed by atoms with Gasteiger partial charge in [0.1, 0.15) is 0 Å². The first-order valence-corrected chi connectivity index (χ1v) is 11.9. The molecule has 2 aromatic rings. The number of likely N-dealkylation sites (tertiary alicyclic amines) is 1. The standard InChI is InChI=1S/C27H34N2O2/c1-19-13-20(2)15-23(14-19)27(8-11-31-12-9-27)26(30)29-17-22-7-6-21(25(22)18-29)16-24-5-3-4-10-28-24/h3-5,10,13-15,21-22,25H,6-9,11-12,16-18H2,1-2H3/t21-,22-,25-/m1/s1. The fraction of sp³-hybridized carbons (Fsp3) is 0.556. The molecule has 1 aromatic carbocycles. The summed E-state index contributed by atoms with van der Waals surface area (Å²) in [5.74, 6) is 2.24. The second kappa shape index (κ2) is 8.38. The number of fused-ring (bicyclic) bond motifs is 1. The number of hydrogen-bond donors (Lipinski definition) is 0. The smallest absolute Gasteiger partial charge is 0.233 e. The number of aryl methyl sites for hydroxylation is 2. The van der Waals surface area contributed by atoms with E-state index in [9.17, 15) is 4.79 Å². The lowest BCUT2D eigenvalue weighted by atomic mass is 9.72. The minimum Gasteiger partial charge on any atom is -0.381 e. The summed E-state index contributed by atoms with van der Waals surface area (Å²) in [6.45, 7) is 7.44. The summed E-state index contributed by atoms with van der Waals surface area (Å²) in [7, 11) is 0. The van der Waals surface area contributed by atoms with Crippen LogP contribution in [-0.4, -0.2) is 42.1 Å². The number of hydrogen-bond acceptors (Lipinski definition) is 3. The molecular formula is C27H34N2O2. The SMILES string of the molecule is Cc1cc(C)cc(C2(C(=O)N3C[C@H]4CC[C@H](Cc5ccccn5)[C@H]4C3)CCOCC2)c1. The number of carbonyl (C=O) groups is 1. The van der Waals surface area contributed by atoms with Crippen LogP contribution < -0.4 is 0 Å². The Labute approximate surface area is 186 Å². The van der Waals surface area contributed by atoms with Crippen LogP contribution in [0.5, 0.6) is 0 Å². The van der Waals surface area contributed by atoms with E-state index in [4.69, 9.17) is 4.74 Å². The van der Waals surface area contributed by atoms with Crippen LogP contribution in [0.15, 0.2) is 42.6 Å². The van der Waals surface area contributed by atoms with Gasteiger partial charge in [0, 0.05) is 38.2 Å². The highest BCUT2D eigenvalue weighted by Gasteiger charge is 2.50. The van der Waals surface area contributed by atoms with Crippen LogP contribution in [-0.2, 0) is 21.4 Å². The Bertz CT molecular complexity index is 915. The van der Waals surface area contributed by atoms with Crippen molar-refractivity contribution in [1.29, 1.82) is 0 Å². The van der Waals surface area contributed by atoms with E-state index in [0.717, 1.165) is 32.4 Å². The van der Waals surface area contributed by atoms with E-state index in [1.54, 1.807) is 0 Å². The predicted octanol–water partition coefficient (Wildman–Crippen LogP) is 4.47. The molecule has 2 saturated heterocycles. The first-order valence-electron chi connectivity index (χ1n) is 11.9. The van der Waals surface area contributed by atoms with Gasteiger partial charge >= 0.3 is 0 Å². The van der Waals surface area contributed by atoms with Gasteiger partial charge in [-0.25, -0.2) is 0 Å². The Hall–Kier alpha value is -2.20. The van der Waals surface area contributed by atoms with Crippen LogP contribution in [0, 0.1) is 31.6 Å². The van der Waals surface area contributed by atoms with Crippen molar-refractivity contribution in [3.05, 3.63) is 65.0 Å². The zero-order valence-corrected chi connectivity index (χ0v) is 18.8. The average molecular weight is 419 g/mol. The maximum absolute atomic E-state index is 14.1. The molecule has 5 rings (SSSR count). The molecule has 0 bridgehead atoms. The van der Waals surface area contributed by atoms with Crippen LogP contribution in [0.3, 0.4) is 0 Å². The topological polar surface area (TPSA) is 42.4 Å². The fourth-order valence-electron chi connectivity index (χ4n) is 6.48. The molecule has 4 nitrogen and oxygen atoms in total. The molecule has 1 aliphatic carbocycles. The zero-order valence-electron chi connectivity index (χ0n) is 18.8. The number of pyridine rings is 1. The van der Waals surface area contributed by atoms with Gasteiger partial charge in [-0.3, -0.25) is 9.78 Å². The third-order valence-corrected chi connectivity index (χ3v) is 8.02. The summed E-state index contributed by atoms with van der Waals surface area (Å²) in [4.78, 5) is 20.9. The minimum absolute atomic E-state index is 0.340. The Kier molecular flexibility index (Phi) is 5.60. The van der Waals surface area contributed by atoms with Gasteiger partial charge < -0.3 is 9.64 Å². The highest BCUT2D eigenvalue weighted by Crippen LogP contribution is 2.46. The third kappa shape index (κ3) is 3.91.